The first-order chi connectivity index (χ1) is 8.80. The third-order valence-electron chi connectivity index (χ3n) is 2.69. The van der Waals surface area contributed by atoms with E-state index in [0.717, 1.165) is 0 Å². The molecule has 0 amide bonds. The summed E-state index contributed by atoms with van der Waals surface area (Å²) in [6, 6.07) is 0. The average Bonchev–Trinajstić information content (AvgIpc) is 2.36. The zero-order valence-corrected chi connectivity index (χ0v) is 10.6. The van der Waals surface area contributed by atoms with Crippen LogP contribution in [-0.2, 0) is 23.7 Å². The molecule has 0 aromatic heterocycles. The topological polar surface area (TPSA) is 74.2 Å². The van der Waals surface area contributed by atoms with E-state index in [4.69, 9.17) is 24.1 Å². The molecule has 1 saturated heterocycles. The highest BCUT2D eigenvalue weighted by Crippen LogP contribution is 2.09. The summed E-state index contributed by atoms with van der Waals surface area (Å²) in [5, 5.41) is 9.03. The highest BCUT2D eigenvalue weighted by molar-refractivity contribution is 5.69. The molecule has 1 heterocycles. The Kier molecular flexibility index (Phi) is 8.75. The molecule has 0 radical (unpaired) electrons. The number of ether oxygens (including phenoxy) is 4. The van der Waals surface area contributed by atoms with Gasteiger partial charge in [0.15, 0.2) is 0 Å². The monoisotopic (exact) mass is 262 g/mol. The van der Waals surface area contributed by atoms with E-state index in [9.17, 15) is 4.79 Å². The molecule has 18 heavy (non-hydrogen) atoms. The van der Waals surface area contributed by atoms with Gasteiger partial charge in [0.05, 0.1) is 45.6 Å². The number of hydrogen-bond donors (Lipinski definition) is 1. The van der Waals surface area contributed by atoms with Crippen molar-refractivity contribution in [1.29, 1.82) is 0 Å². The number of aliphatic carboxylic acids is 1. The van der Waals surface area contributed by atoms with Gasteiger partial charge in [-0.3, -0.25) is 4.79 Å². The van der Waals surface area contributed by atoms with Crippen molar-refractivity contribution in [1.82, 2.24) is 0 Å². The average molecular weight is 262 g/mol. The summed E-state index contributed by atoms with van der Waals surface area (Å²) in [5.41, 5.74) is 0. The first-order valence-electron chi connectivity index (χ1n) is 6.34. The van der Waals surface area contributed by atoms with Gasteiger partial charge in [0.1, 0.15) is 0 Å². The van der Waals surface area contributed by atoms with Crippen LogP contribution >= 0.6 is 0 Å². The number of hydrogen-bond acceptors (Lipinski definition) is 5. The molecule has 0 bridgehead atoms. The van der Waals surface area contributed by atoms with Gasteiger partial charge in [-0.05, 0) is 12.8 Å². The number of carboxylic acids is 1. The summed E-state index contributed by atoms with van der Waals surface area (Å²) in [6.07, 6.45) is 1.02. The summed E-state index contributed by atoms with van der Waals surface area (Å²) >= 11 is 0. The standard InChI is InChI=1S/C12H22O6/c13-12(14)11-1-3-15-5-7-17-9-10-18-8-6-16-4-2-11/h11H,1-10H2,(H,13,14). The first kappa shape index (κ1) is 15.4. The van der Waals surface area contributed by atoms with Crippen LogP contribution in [0.25, 0.3) is 0 Å². The third kappa shape index (κ3) is 7.60. The molecule has 0 spiro atoms. The van der Waals surface area contributed by atoms with E-state index in [0.29, 0.717) is 65.7 Å². The summed E-state index contributed by atoms with van der Waals surface area (Å²) in [5.74, 6) is -1.20. The van der Waals surface area contributed by atoms with Crippen LogP contribution in [0, 0.1) is 5.92 Å². The Morgan fingerprint density at radius 1 is 0.722 bits per heavy atom. The first-order valence-corrected chi connectivity index (χ1v) is 6.34. The Hall–Kier alpha value is -0.690. The normalized spacial score (nSPS) is 22.9. The number of rotatable bonds is 1. The van der Waals surface area contributed by atoms with Crippen LogP contribution in [0.5, 0.6) is 0 Å². The van der Waals surface area contributed by atoms with E-state index in [-0.39, 0.29) is 0 Å². The Morgan fingerprint density at radius 2 is 1.06 bits per heavy atom. The van der Waals surface area contributed by atoms with E-state index in [1.165, 1.54) is 0 Å². The summed E-state index contributed by atoms with van der Waals surface area (Å²) in [6.45, 7) is 3.97. The van der Waals surface area contributed by atoms with Crippen LogP contribution in [0.3, 0.4) is 0 Å². The maximum atomic E-state index is 11.0. The molecule has 1 fully saturated rings. The molecule has 1 aliphatic heterocycles. The molecule has 6 heteroatoms. The fourth-order valence-corrected chi connectivity index (χ4v) is 1.60. The van der Waals surface area contributed by atoms with Crippen molar-refractivity contribution in [2.45, 2.75) is 12.8 Å². The second-order valence-corrected chi connectivity index (χ2v) is 4.06. The van der Waals surface area contributed by atoms with Crippen molar-refractivity contribution in [3.8, 4) is 0 Å². The fourth-order valence-electron chi connectivity index (χ4n) is 1.60. The molecule has 0 saturated carbocycles. The van der Waals surface area contributed by atoms with Crippen LogP contribution in [0.4, 0.5) is 0 Å². The van der Waals surface area contributed by atoms with Gasteiger partial charge in [-0.15, -0.1) is 0 Å². The lowest BCUT2D eigenvalue weighted by Crippen LogP contribution is -2.19. The predicted octanol–water partition coefficient (Wildman–Crippen LogP) is 0.547. The predicted molar refractivity (Wildman–Crippen MR) is 63.6 cm³/mol. The molecule has 1 rings (SSSR count). The third-order valence-corrected chi connectivity index (χ3v) is 2.69. The van der Waals surface area contributed by atoms with Gasteiger partial charge in [-0.1, -0.05) is 0 Å². The highest BCUT2D eigenvalue weighted by Gasteiger charge is 2.16. The van der Waals surface area contributed by atoms with Gasteiger partial charge < -0.3 is 24.1 Å². The van der Waals surface area contributed by atoms with Crippen LogP contribution in [0.15, 0.2) is 0 Å². The SMILES string of the molecule is O=C(O)C1CCOCCOCCOCCOCC1. The van der Waals surface area contributed by atoms with Crippen molar-refractivity contribution in [2.75, 3.05) is 52.9 Å². The maximum Gasteiger partial charge on any atom is 0.306 e. The molecule has 0 aromatic carbocycles. The zero-order chi connectivity index (χ0) is 13.1. The van der Waals surface area contributed by atoms with Gasteiger partial charge in [0.25, 0.3) is 0 Å². The smallest absolute Gasteiger partial charge is 0.306 e. The van der Waals surface area contributed by atoms with Gasteiger partial charge in [-0.25, -0.2) is 0 Å². The maximum absolute atomic E-state index is 11.0. The Labute approximate surface area is 107 Å². The minimum Gasteiger partial charge on any atom is -0.481 e. The van der Waals surface area contributed by atoms with E-state index < -0.39 is 11.9 Å². The molecular formula is C12H22O6. The fraction of sp³-hybridized carbons (Fsp3) is 0.917. The van der Waals surface area contributed by atoms with E-state index >= 15 is 0 Å². The number of carboxylic acid groups (broad SMARTS) is 1. The van der Waals surface area contributed by atoms with Crippen molar-refractivity contribution < 1.29 is 28.8 Å². The lowest BCUT2D eigenvalue weighted by molar-refractivity contribution is -0.143. The minimum atomic E-state index is -0.793. The zero-order valence-electron chi connectivity index (χ0n) is 10.6. The van der Waals surface area contributed by atoms with Crippen molar-refractivity contribution in [3.05, 3.63) is 0 Å². The van der Waals surface area contributed by atoms with Gasteiger partial charge in [0.2, 0.25) is 0 Å². The highest BCUT2D eigenvalue weighted by atomic mass is 16.6. The minimum absolute atomic E-state index is 0.406. The molecule has 106 valence electrons. The van der Waals surface area contributed by atoms with Crippen LogP contribution in [-0.4, -0.2) is 63.9 Å². The second kappa shape index (κ2) is 10.3. The van der Waals surface area contributed by atoms with Crippen LogP contribution in [0.1, 0.15) is 12.8 Å². The Balaban J connectivity index is 2.26. The molecular weight excluding hydrogens is 240 g/mol. The largest absolute Gasteiger partial charge is 0.481 e. The molecule has 1 N–H and O–H groups in total. The summed E-state index contributed by atoms with van der Waals surface area (Å²) in [7, 11) is 0. The Morgan fingerprint density at radius 3 is 1.39 bits per heavy atom. The second-order valence-electron chi connectivity index (χ2n) is 4.06. The lowest BCUT2D eigenvalue weighted by Gasteiger charge is -2.12. The van der Waals surface area contributed by atoms with Crippen LogP contribution < -0.4 is 0 Å². The lowest BCUT2D eigenvalue weighted by atomic mass is 10.0. The van der Waals surface area contributed by atoms with E-state index in [2.05, 4.69) is 0 Å². The summed E-state index contributed by atoms with van der Waals surface area (Å²) < 4.78 is 21.2. The summed E-state index contributed by atoms with van der Waals surface area (Å²) in [4.78, 5) is 11.0. The van der Waals surface area contributed by atoms with Crippen molar-refractivity contribution in [3.63, 3.8) is 0 Å². The molecule has 6 nitrogen and oxygen atoms in total. The molecule has 0 aliphatic carbocycles. The number of carbonyl (C=O) groups is 1. The molecule has 0 unspecified atom stereocenters. The molecule has 0 aromatic rings. The Bertz CT molecular complexity index is 205. The van der Waals surface area contributed by atoms with E-state index in [1.54, 1.807) is 0 Å². The molecule has 0 atom stereocenters. The van der Waals surface area contributed by atoms with Crippen molar-refractivity contribution in [2.24, 2.45) is 5.92 Å². The van der Waals surface area contributed by atoms with Crippen LogP contribution in [0.2, 0.25) is 0 Å². The van der Waals surface area contributed by atoms with Gasteiger partial charge in [-0.2, -0.15) is 0 Å². The molecule has 1 aliphatic rings. The van der Waals surface area contributed by atoms with Gasteiger partial charge in [0, 0.05) is 13.2 Å². The quantitative estimate of drug-likeness (QED) is 0.743. The van der Waals surface area contributed by atoms with E-state index in [1.807, 2.05) is 0 Å². The van der Waals surface area contributed by atoms with Gasteiger partial charge >= 0.3 is 5.97 Å². The van der Waals surface area contributed by atoms with Crippen molar-refractivity contribution >= 4 is 5.97 Å².